The quantitative estimate of drug-likeness (QED) is 0.0956. The summed E-state index contributed by atoms with van der Waals surface area (Å²) < 4.78 is 15.5. The Morgan fingerprint density at radius 1 is 1.13 bits per heavy atom. The van der Waals surface area contributed by atoms with Crippen LogP contribution in [0.2, 0.25) is 0 Å². The number of hydrogen-bond donors (Lipinski definition) is 8. The van der Waals surface area contributed by atoms with E-state index in [-0.39, 0.29) is 52.3 Å². The molecule has 1 saturated heterocycles. The molecular formula is C16H36ClNO10S2. The number of carboxylic acid groups (broad SMARTS) is 1. The second-order valence-corrected chi connectivity index (χ2v) is 9.36. The van der Waals surface area contributed by atoms with E-state index < -0.39 is 59.7 Å². The molecule has 8 N–H and O–H groups in total. The molecule has 0 bridgehead atoms. The topological polar surface area (TPSA) is 192 Å². The maximum atomic E-state index is 10.7. The molecule has 8 atom stereocenters. The summed E-state index contributed by atoms with van der Waals surface area (Å²) in [5, 5.41) is 56.8. The van der Waals surface area contributed by atoms with Crippen LogP contribution in [0.4, 0.5) is 0 Å². The van der Waals surface area contributed by atoms with Gasteiger partial charge in [-0.05, 0) is 18.4 Å². The first kappa shape index (κ1) is 32.3. The van der Waals surface area contributed by atoms with Gasteiger partial charge in [0.15, 0.2) is 6.29 Å². The molecule has 11 nitrogen and oxygen atoms in total. The molecule has 3 unspecified atom stereocenters. The molecule has 30 heavy (non-hydrogen) atoms. The molecule has 1 aliphatic heterocycles. The van der Waals surface area contributed by atoms with Crippen LogP contribution in [0, 0.1) is 0 Å². The Balaban J connectivity index is 0. The van der Waals surface area contributed by atoms with Gasteiger partial charge in [-0.25, -0.2) is 0 Å². The Hall–Kier alpha value is 0.100. The normalized spacial score (nSPS) is 29.8. The number of carboxylic acids is 1. The number of halogens is 1. The van der Waals surface area contributed by atoms with Crippen LogP contribution in [-0.4, -0.2) is 124 Å². The molecule has 1 aliphatic rings. The summed E-state index contributed by atoms with van der Waals surface area (Å²) in [7, 11) is -0.548. The summed E-state index contributed by atoms with van der Waals surface area (Å²) in [6.45, 7) is 0.312. The maximum Gasteiger partial charge on any atom is 0.320 e. The molecule has 0 aliphatic carbocycles. The van der Waals surface area contributed by atoms with Crippen LogP contribution >= 0.6 is 36.8 Å². The van der Waals surface area contributed by atoms with E-state index in [0.29, 0.717) is 17.9 Å². The Morgan fingerprint density at radius 3 is 2.33 bits per heavy atom. The first-order valence-corrected chi connectivity index (χ1v) is 11.2. The fraction of sp³-hybridized carbons (Fsp3) is 0.938. The van der Waals surface area contributed by atoms with Crippen LogP contribution in [0.15, 0.2) is 0 Å². The molecule has 0 amide bonds. The first-order valence-electron chi connectivity index (χ1n) is 9.01. The third-order valence-corrected chi connectivity index (χ3v) is 6.38. The van der Waals surface area contributed by atoms with Crippen molar-refractivity contribution >= 4 is 42.8 Å². The van der Waals surface area contributed by atoms with Gasteiger partial charge < -0.3 is 50.6 Å². The third-order valence-electron chi connectivity index (χ3n) is 4.31. The zero-order valence-corrected chi connectivity index (χ0v) is 19.5. The van der Waals surface area contributed by atoms with Crippen molar-refractivity contribution in [1.29, 1.82) is 0 Å². The molecule has 184 valence electrons. The van der Waals surface area contributed by atoms with E-state index in [1.165, 1.54) is 0 Å². The molecule has 1 heterocycles. The van der Waals surface area contributed by atoms with Crippen LogP contribution in [0.5, 0.6) is 0 Å². The van der Waals surface area contributed by atoms with Crippen molar-refractivity contribution in [2.75, 3.05) is 44.2 Å². The number of rotatable bonds is 13. The molecule has 0 aromatic carbocycles. The number of thiol groups is 1. The van der Waals surface area contributed by atoms with Crippen molar-refractivity contribution in [1.82, 2.24) is 0 Å². The number of aliphatic carboxylic acids is 1. The highest BCUT2D eigenvalue weighted by molar-refractivity contribution is 8.16. The highest BCUT2D eigenvalue weighted by atomic mass is 35.5. The fourth-order valence-electron chi connectivity index (χ4n) is 2.59. The van der Waals surface area contributed by atoms with Crippen LogP contribution in [0.25, 0.3) is 0 Å². The van der Waals surface area contributed by atoms with Crippen molar-refractivity contribution in [3.63, 3.8) is 0 Å². The minimum absolute atomic E-state index is 0. The van der Waals surface area contributed by atoms with Crippen LogP contribution in [-0.2, 0) is 19.0 Å². The lowest BCUT2D eigenvalue weighted by atomic mass is 9.99. The molecule has 0 saturated carbocycles. The predicted octanol–water partition coefficient (Wildman–Crippen LogP) is -2.85. The zero-order chi connectivity index (χ0) is 21.3. The summed E-state index contributed by atoms with van der Waals surface area (Å²) in [6, 6.07) is -0.882. The smallest absolute Gasteiger partial charge is 0.320 e. The summed E-state index contributed by atoms with van der Waals surface area (Å²) in [6.07, 6.45) is -5.43. The van der Waals surface area contributed by atoms with Gasteiger partial charge in [-0.2, -0.15) is 13.5 Å². The largest absolute Gasteiger partial charge is 0.480 e. The Bertz CT molecular complexity index is 470. The highest BCUT2D eigenvalue weighted by Gasteiger charge is 2.42. The minimum atomic E-state index is -1.60. The van der Waals surface area contributed by atoms with E-state index in [0.717, 1.165) is 0 Å². The summed E-state index contributed by atoms with van der Waals surface area (Å²) in [4.78, 5) is 10.7. The van der Waals surface area contributed by atoms with Crippen molar-refractivity contribution in [2.24, 2.45) is 5.73 Å². The summed E-state index contributed by atoms with van der Waals surface area (Å²) in [5.41, 5.74) is 5.45. The van der Waals surface area contributed by atoms with E-state index in [1.54, 1.807) is 0 Å². The Labute approximate surface area is 191 Å². The number of aliphatic hydroxyl groups excluding tert-OH is 5. The molecule has 0 aromatic rings. The molecule has 0 spiro atoms. The Kier molecular flexibility index (Phi) is 18.0. The van der Waals surface area contributed by atoms with E-state index in [2.05, 4.69) is 0 Å². The van der Waals surface area contributed by atoms with Gasteiger partial charge in [0, 0.05) is 5.75 Å². The van der Waals surface area contributed by atoms with E-state index in [9.17, 15) is 30.3 Å². The number of ether oxygens (including phenoxy) is 3. The van der Waals surface area contributed by atoms with Gasteiger partial charge in [0.1, 0.15) is 30.5 Å². The molecule has 0 aromatic heterocycles. The second-order valence-electron chi connectivity index (χ2n) is 6.84. The van der Waals surface area contributed by atoms with E-state index in [4.69, 9.17) is 25.1 Å². The van der Waals surface area contributed by atoms with E-state index >= 15 is 0 Å². The van der Waals surface area contributed by atoms with Crippen molar-refractivity contribution in [2.45, 2.75) is 49.3 Å². The van der Waals surface area contributed by atoms with Gasteiger partial charge in [-0.15, -0.1) is 12.4 Å². The van der Waals surface area contributed by atoms with Crippen molar-refractivity contribution < 1.29 is 49.6 Å². The van der Waals surface area contributed by atoms with Gasteiger partial charge in [-0.1, -0.05) is 0 Å². The van der Waals surface area contributed by atoms with Crippen molar-refractivity contribution in [3.05, 3.63) is 0 Å². The number of hydrogen-bond acceptors (Lipinski definition) is 10. The minimum Gasteiger partial charge on any atom is -0.480 e. The first-order chi connectivity index (χ1) is 13.1. The fourth-order valence-corrected chi connectivity index (χ4v) is 4.32. The van der Waals surface area contributed by atoms with Crippen LogP contribution in [0.3, 0.4) is 0 Å². The Morgan fingerprint density at radius 2 is 1.73 bits per heavy atom. The third kappa shape index (κ3) is 11.6. The number of carbonyl (C=O) groups is 1. The molecule has 1 rings (SSSR count). The molecule has 0 radical (unpaired) electrons. The SMILES string of the molecule is C[SH](CC[C@H](N)C(=O)O)CC(O)COCCOC[C@H]1OC(O)[C@H](O)[C@@H](O)[C@H]1O.Cl.S. The second kappa shape index (κ2) is 16.7. The lowest BCUT2D eigenvalue weighted by molar-refractivity contribution is -0.288. The standard InChI is InChI=1S/C16H33NO10S.ClH.H2S/c1-28(5-2-10(17)15(22)23)8-9(18)6-25-3-4-26-7-11-12(19)13(20)14(21)16(24)27-11;;/h9-14,16,18-21,24,28H,2-8,17H2,1H3,(H,22,23);1H;1H2/t9?,10-,11+,12-,13-,14+,16?;;/m0../s1. The van der Waals surface area contributed by atoms with Gasteiger partial charge in [0.25, 0.3) is 0 Å². The predicted molar refractivity (Wildman–Crippen MR) is 119 cm³/mol. The number of nitrogens with two attached hydrogens (primary N) is 1. The zero-order valence-electron chi connectivity index (χ0n) is 16.7. The summed E-state index contributed by atoms with van der Waals surface area (Å²) in [5.74, 6) is 0.139. The average Bonchev–Trinajstić information content (AvgIpc) is 2.64. The summed E-state index contributed by atoms with van der Waals surface area (Å²) >= 11 is 0. The lowest BCUT2D eigenvalue weighted by Crippen LogP contribution is -2.58. The highest BCUT2D eigenvalue weighted by Crippen LogP contribution is 2.23. The molecular weight excluding hydrogens is 466 g/mol. The lowest BCUT2D eigenvalue weighted by Gasteiger charge is -2.38. The van der Waals surface area contributed by atoms with Crippen LogP contribution in [0.1, 0.15) is 6.42 Å². The van der Waals surface area contributed by atoms with E-state index in [1.807, 2.05) is 6.26 Å². The number of aliphatic hydroxyl groups is 5. The van der Waals surface area contributed by atoms with Gasteiger partial charge in [0.05, 0.1) is 32.5 Å². The molecule has 14 heteroatoms. The van der Waals surface area contributed by atoms with Crippen LogP contribution < -0.4 is 5.73 Å². The average molecular weight is 502 g/mol. The van der Waals surface area contributed by atoms with Gasteiger partial charge in [-0.3, -0.25) is 15.7 Å². The monoisotopic (exact) mass is 501 g/mol. The van der Waals surface area contributed by atoms with Crippen molar-refractivity contribution in [3.8, 4) is 0 Å². The maximum absolute atomic E-state index is 10.7. The van der Waals surface area contributed by atoms with Gasteiger partial charge in [0.2, 0.25) is 0 Å². The van der Waals surface area contributed by atoms with Gasteiger partial charge >= 0.3 is 5.97 Å². The molecule has 1 fully saturated rings.